The average Bonchev–Trinajstić information content (AvgIpc) is 2.59. The van der Waals surface area contributed by atoms with Crippen LogP contribution in [0.1, 0.15) is 10.4 Å². The molecule has 25 heavy (non-hydrogen) atoms. The largest absolute Gasteiger partial charge is 0.478 e. The van der Waals surface area contributed by atoms with Crippen molar-refractivity contribution < 1.29 is 23.2 Å². The fourth-order valence-corrected chi connectivity index (χ4v) is 1.81. The molecule has 0 fully saturated rings. The lowest BCUT2D eigenvalue weighted by atomic mass is 10.2. The zero-order valence-corrected chi connectivity index (χ0v) is 12.8. The number of nitro groups is 1. The lowest BCUT2D eigenvalue weighted by molar-refractivity contribution is -0.384. The number of carbonyl (C=O) groups is 1. The van der Waals surface area contributed by atoms with Gasteiger partial charge in [-0.2, -0.15) is 0 Å². The Morgan fingerprint density at radius 1 is 1.20 bits per heavy atom. The maximum atomic E-state index is 13.3. The first-order chi connectivity index (χ1) is 12.0. The topological polar surface area (TPSA) is 81.5 Å². The van der Waals surface area contributed by atoms with Gasteiger partial charge in [0.1, 0.15) is 12.4 Å². The van der Waals surface area contributed by atoms with Crippen LogP contribution in [-0.4, -0.2) is 24.0 Å². The summed E-state index contributed by atoms with van der Waals surface area (Å²) in [4.78, 5) is 21.9. The molecule has 0 bridgehead atoms. The van der Waals surface area contributed by atoms with Gasteiger partial charge in [-0.1, -0.05) is 17.9 Å². The SMILES string of the molecule is O=C(NCC#CCOc1ccc(F)cc1F)c1cccc([N+](=O)[O-])c1. The highest BCUT2D eigenvalue weighted by Crippen LogP contribution is 2.17. The van der Waals surface area contributed by atoms with Crippen molar-refractivity contribution in [2.24, 2.45) is 0 Å². The van der Waals surface area contributed by atoms with E-state index in [2.05, 4.69) is 17.2 Å². The molecular weight excluding hydrogens is 334 g/mol. The van der Waals surface area contributed by atoms with E-state index in [-0.39, 0.29) is 30.2 Å². The molecular formula is C17H12F2N2O4. The van der Waals surface area contributed by atoms with E-state index in [1.165, 1.54) is 18.2 Å². The van der Waals surface area contributed by atoms with E-state index in [9.17, 15) is 23.7 Å². The van der Waals surface area contributed by atoms with Gasteiger partial charge in [-0.15, -0.1) is 0 Å². The van der Waals surface area contributed by atoms with Crippen LogP contribution in [-0.2, 0) is 0 Å². The third-order valence-electron chi connectivity index (χ3n) is 2.98. The summed E-state index contributed by atoms with van der Waals surface area (Å²) in [6.45, 7) is -0.161. The van der Waals surface area contributed by atoms with Crippen LogP contribution in [0.25, 0.3) is 0 Å². The van der Waals surface area contributed by atoms with Crippen LogP contribution in [0.15, 0.2) is 42.5 Å². The average molecular weight is 346 g/mol. The maximum Gasteiger partial charge on any atom is 0.270 e. The van der Waals surface area contributed by atoms with Crippen LogP contribution in [0.3, 0.4) is 0 Å². The number of halogens is 2. The van der Waals surface area contributed by atoms with Gasteiger partial charge in [-0.25, -0.2) is 8.78 Å². The monoisotopic (exact) mass is 346 g/mol. The van der Waals surface area contributed by atoms with E-state index in [1.807, 2.05) is 0 Å². The smallest absolute Gasteiger partial charge is 0.270 e. The van der Waals surface area contributed by atoms with Crippen LogP contribution in [0, 0.1) is 33.6 Å². The summed E-state index contributed by atoms with van der Waals surface area (Å²) < 4.78 is 31.0. The summed E-state index contributed by atoms with van der Waals surface area (Å²) in [6.07, 6.45) is 0. The number of hydrogen-bond donors (Lipinski definition) is 1. The van der Waals surface area contributed by atoms with Crippen molar-refractivity contribution in [3.05, 3.63) is 69.8 Å². The number of nitrogens with zero attached hydrogens (tertiary/aromatic N) is 1. The van der Waals surface area contributed by atoms with Gasteiger partial charge in [0.2, 0.25) is 0 Å². The van der Waals surface area contributed by atoms with Crippen LogP contribution < -0.4 is 10.1 Å². The quantitative estimate of drug-likeness (QED) is 0.513. The van der Waals surface area contributed by atoms with Crippen LogP contribution in [0.2, 0.25) is 0 Å². The molecule has 0 saturated heterocycles. The molecule has 0 aliphatic heterocycles. The molecule has 0 atom stereocenters. The summed E-state index contributed by atoms with van der Waals surface area (Å²) in [5, 5.41) is 13.1. The van der Waals surface area contributed by atoms with Gasteiger partial charge in [0.15, 0.2) is 11.6 Å². The fourth-order valence-electron chi connectivity index (χ4n) is 1.81. The van der Waals surface area contributed by atoms with E-state index in [0.717, 1.165) is 18.2 Å². The Hall–Kier alpha value is -3.47. The number of rotatable bonds is 5. The van der Waals surface area contributed by atoms with Gasteiger partial charge in [-0.05, 0) is 18.2 Å². The number of benzene rings is 2. The minimum absolute atomic E-state index is 0.0171. The summed E-state index contributed by atoms with van der Waals surface area (Å²) in [5.41, 5.74) is -0.0471. The molecule has 2 aromatic rings. The maximum absolute atomic E-state index is 13.3. The number of non-ortho nitro benzene ring substituents is 1. The summed E-state index contributed by atoms with van der Waals surface area (Å²) in [5.74, 6) is 2.96. The van der Waals surface area contributed by atoms with Crippen LogP contribution in [0.4, 0.5) is 14.5 Å². The van der Waals surface area contributed by atoms with Crippen molar-refractivity contribution in [2.75, 3.05) is 13.2 Å². The van der Waals surface area contributed by atoms with Gasteiger partial charge in [0, 0.05) is 23.8 Å². The number of nitrogens with one attached hydrogen (secondary N) is 1. The second-order valence-electron chi connectivity index (χ2n) is 4.71. The standard InChI is InChI=1S/C17H12F2N2O4/c18-13-6-7-16(15(19)11-13)25-9-2-1-8-20-17(22)12-4-3-5-14(10-12)21(23)24/h3-7,10-11H,8-9H2,(H,20,22). The van der Waals surface area contributed by atoms with Crippen molar-refractivity contribution in [3.8, 4) is 17.6 Å². The van der Waals surface area contributed by atoms with E-state index in [1.54, 1.807) is 0 Å². The minimum atomic E-state index is -0.833. The third-order valence-corrected chi connectivity index (χ3v) is 2.98. The van der Waals surface area contributed by atoms with Gasteiger partial charge >= 0.3 is 0 Å². The van der Waals surface area contributed by atoms with Crippen molar-refractivity contribution >= 4 is 11.6 Å². The Bertz CT molecular complexity index is 859. The molecule has 0 spiro atoms. The highest BCUT2D eigenvalue weighted by atomic mass is 19.1. The molecule has 0 unspecified atom stereocenters. The van der Waals surface area contributed by atoms with E-state index >= 15 is 0 Å². The highest BCUT2D eigenvalue weighted by molar-refractivity contribution is 5.94. The Balaban J connectivity index is 1.81. The summed E-state index contributed by atoms with van der Waals surface area (Å²) in [7, 11) is 0. The zero-order valence-electron chi connectivity index (χ0n) is 12.8. The summed E-state index contributed by atoms with van der Waals surface area (Å²) in [6, 6.07) is 8.19. The van der Waals surface area contributed by atoms with E-state index in [0.29, 0.717) is 6.07 Å². The number of hydrogen-bond acceptors (Lipinski definition) is 4. The number of ether oxygens (including phenoxy) is 1. The predicted octanol–water partition coefficient (Wildman–Crippen LogP) is 2.69. The molecule has 0 saturated carbocycles. The van der Waals surface area contributed by atoms with E-state index < -0.39 is 22.5 Å². The molecule has 0 aliphatic rings. The molecule has 1 amide bonds. The van der Waals surface area contributed by atoms with Crippen LogP contribution in [0.5, 0.6) is 5.75 Å². The number of amides is 1. The Morgan fingerprint density at radius 2 is 2.00 bits per heavy atom. The molecule has 6 nitrogen and oxygen atoms in total. The van der Waals surface area contributed by atoms with Gasteiger partial charge in [-0.3, -0.25) is 14.9 Å². The van der Waals surface area contributed by atoms with Crippen LogP contribution >= 0.6 is 0 Å². The third kappa shape index (κ3) is 5.28. The Morgan fingerprint density at radius 3 is 2.72 bits per heavy atom. The van der Waals surface area contributed by atoms with E-state index in [4.69, 9.17) is 4.74 Å². The predicted molar refractivity (Wildman–Crippen MR) is 85.1 cm³/mol. The Labute approximate surface area is 141 Å². The molecule has 2 rings (SSSR count). The van der Waals surface area contributed by atoms with Crippen molar-refractivity contribution in [1.29, 1.82) is 0 Å². The van der Waals surface area contributed by atoms with Gasteiger partial charge in [0.25, 0.3) is 11.6 Å². The normalized spacial score (nSPS) is 9.68. The molecule has 0 aliphatic carbocycles. The first kappa shape index (κ1) is 17.9. The molecule has 0 aromatic heterocycles. The minimum Gasteiger partial charge on any atom is -0.478 e. The molecule has 2 aromatic carbocycles. The van der Waals surface area contributed by atoms with Gasteiger partial charge < -0.3 is 10.1 Å². The lowest BCUT2D eigenvalue weighted by Gasteiger charge is -2.03. The van der Waals surface area contributed by atoms with Crippen molar-refractivity contribution in [1.82, 2.24) is 5.32 Å². The van der Waals surface area contributed by atoms with Crippen molar-refractivity contribution in [2.45, 2.75) is 0 Å². The molecule has 1 N–H and O–H groups in total. The first-order valence-electron chi connectivity index (χ1n) is 7.03. The van der Waals surface area contributed by atoms with Gasteiger partial charge in [0.05, 0.1) is 11.5 Å². The van der Waals surface area contributed by atoms with Crippen molar-refractivity contribution in [3.63, 3.8) is 0 Å². The second-order valence-corrected chi connectivity index (χ2v) is 4.71. The number of carbonyl (C=O) groups excluding carboxylic acids is 1. The number of nitro benzene ring substituents is 1. The first-order valence-corrected chi connectivity index (χ1v) is 7.03. The second kappa shape index (κ2) is 8.40. The lowest BCUT2D eigenvalue weighted by Crippen LogP contribution is -2.23. The molecule has 8 heteroatoms. The highest BCUT2D eigenvalue weighted by Gasteiger charge is 2.10. The summed E-state index contributed by atoms with van der Waals surface area (Å²) >= 11 is 0. The Kier molecular flexibility index (Phi) is 6.01. The molecule has 128 valence electrons. The molecule has 0 radical (unpaired) electrons. The molecule has 0 heterocycles. The zero-order chi connectivity index (χ0) is 18.2. The fraction of sp³-hybridized carbons (Fsp3) is 0.118.